The third-order valence-electron chi connectivity index (χ3n) is 3.96. The molecule has 0 spiro atoms. The van der Waals surface area contributed by atoms with Crippen LogP contribution in [-0.2, 0) is 16.1 Å². The average molecular weight is 276 g/mol. The first-order valence-corrected chi connectivity index (χ1v) is 6.65. The second kappa shape index (κ2) is 5.63. The second-order valence-electron chi connectivity index (χ2n) is 5.53. The third-order valence-corrected chi connectivity index (χ3v) is 3.96. The quantitative estimate of drug-likeness (QED) is 0.838. The van der Waals surface area contributed by atoms with Crippen LogP contribution in [0, 0.1) is 5.41 Å². The summed E-state index contributed by atoms with van der Waals surface area (Å²) in [5, 5.41) is 0. The molecule has 1 fully saturated rings. The fourth-order valence-electron chi connectivity index (χ4n) is 2.60. The molecule has 1 aliphatic heterocycles. The first-order valence-electron chi connectivity index (χ1n) is 6.65. The van der Waals surface area contributed by atoms with Gasteiger partial charge in [0, 0.05) is 13.1 Å². The number of nitrogens with zero attached hydrogens (tertiary/aromatic N) is 1. The third kappa shape index (κ3) is 2.82. The van der Waals surface area contributed by atoms with E-state index in [9.17, 15) is 9.59 Å². The van der Waals surface area contributed by atoms with Crippen molar-refractivity contribution in [2.45, 2.75) is 19.9 Å². The van der Waals surface area contributed by atoms with Gasteiger partial charge in [0.2, 0.25) is 5.91 Å². The SMILES string of the molecule is COC(=O)c1ccccc1CN1CCC(C)(C(N)=O)C1. The molecule has 5 nitrogen and oxygen atoms in total. The number of hydrogen-bond acceptors (Lipinski definition) is 4. The minimum absolute atomic E-state index is 0.263. The minimum Gasteiger partial charge on any atom is -0.465 e. The Bertz CT molecular complexity index is 530. The number of nitrogens with two attached hydrogens (primary N) is 1. The lowest BCUT2D eigenvalue weighted by molar-refractivity contribution is -0.126. The molecule has 0 aromatic heterocycles. The van der Waals surface area contributed by atoms with Crippen LogP contribution in [0.25, 0.3) is 0 Å². The molecule has 1 aromatic carbocycles. The van der Waals surface area contributed by atoms with Gasteiger partial charge in [-0.3, -0.25) is 9.69 Å². The van der Waals surface area contributed by atoms with E-state index < -0.39 is 5.41 Å². The van der Waals surface area contributed by atoms with Crippen LogP contribution >= 0.6 is 0 Å². The number of primary amides is 1. The van der Waals surface area contributed by atoms with Crippen molar-refractivity contribution in [3.05, 3.63) is 35.4 Å². The van der Waals surface area contributed by atoms with Gasteiger partial charge in [-0.1, -0.05) is 18.2 Å². The highest BCUT2D eigenvalue weighted by atomic mass is 16.5. The smallest absolute Gasteiger partial charge is 0.338 e. The second-order valence-corrected chi connectivity index (χ2v) is 5.53. The maximum absolute atomic E-state index is 11.7. The van der Waals surface area contributed by atoms with E-state index in [2.05, 4.69) is 4.90 Å². The highest BCUT2D eigenvalue weighted by Crippen LogP contribution is 2.30. The van der Waals surface area contributed by atoms with E-state index >= 15 is 0 Å². The monoisotopic (exact) mass is 276 g/mol. The zero-order chi connectivity index (χ0) is 14.8. The van der Waals surface area contributed by atoms with Crippen molar-refractivity contribution in [1.82, 2.24) is 4.90 Å². The summed E-state index contributed by atoms with van der Waals surface area (Å²) in [6.45, 7) is 3.93. The molecule has 1 amide bonds. The molecule has 1 heterocycles. The van der Waals surface area contributed by atoms with E-state index in [1.807, 2.05) is 25.1 Å². The molecule has 2 N–H and O–H groups in total. The van der Waals surface area contributed by atoms with E-state index in [1.54, 1.807) is 6.07 Å². The molecule has 1 aromatic rings. The molecule has 1 saturated heterocycles. The van der Waals surface area contributed by atoms with Crippen LogP contribution < -0.4 is 5.73 Å². The predicted molar refractivity (Wildman–Crippen MR) is 75.0 cm³/mol. The zero-order valence-corrected chi connectivity index (χ0v) is 11.9. The van der Waals surface area contributed by atoms with Crippen LogP contribution in [0.15, 0.2) is 24.3 Å². The van der Waals surface area contributed by atoms with Crippen molar-refractivity contribution in [3.63, 3.8) is 0 Å². The van der Waals surface area contributed by atoms with Gasteiger partial charge in [-0.15, -0.1) is 0 Å². The molecule has 0 radical (unpaired) electrons. The molecule has 0 aliphatic carbocycles. The number of likely N-dealkylation sites (tertiary alicyclic amines) is 1. The summed E-state index contributed by atoms with van der Waals surface area (Å²) in [5.41, 5.74) is 6.46. The normalized spacial score (nSPS) is 22.7. The summed E-state index contributed by atoms with van der Waals surface area (Å²) < 4.78 is 4.79. The molecule has 1 aliphatic rings. The van der Waals surface area contributed by atoms with Crippen LogP contribution in [0.4, 0.5) is 0 Å². The Balaban J connectivity index is 2.12. The number of rotatable bonds is 4. The summed E-state index contributed by atoms with van der Waals surface area (Å²) in [6, 6.07) is 7.37. The number of carbonyl (C=O) groups is 2. The van der Waals surface area contributed by atoms with E-state index in [0.29, 0.717) is 18.7 Å². The molecular weight excluding hydrogens is 256 g/mol. The highest BCUT2D eigenvalue weighted by molar-refractivity contribution is 5.91. The summed E-state index contributed by atoms with van der Waals surface area (Å²) in [5.74, 6) is -0.598. The zero-order valence-electron chi connectivity index (χ0n) is 11.9. The Morgan fingerprint density at radius 2 is 2.10 bits per heavy atom. The van der Waals surface area contributed by atoms with Gasteiger partial charge in [0.15, 0.2) is 0 Å². The van der Waals surface area contributed by atoms with E-state index in [4.69, 9.17) is 10.5 Å². The van der Waals surface area contributed by atoms with Crippen molar-refractivity contribution < 1.29 is 14.3 Å². The predicted octanol–water partition coefficient (Wildman–Crippen LogP) is 1.17. The summed E-state index contributed by atoms with van der Waals surface area (Å²) in [6.07, 6.45) is 0.753. The lowest BCUT2D eigenvalue weighted by atomic mass is 9.89. The molecule has 108 valence electrons. The van der Waals surface area contributed by atoms with Crippen LogP contribution in [0.1, 0.15) is 29.3 Å². The van der Waals surface area contributed by atoms with Gasteiger partial charge in [0.05, 0.1) is 18.1 Å². The molecule has 20 heavy (non-hydrogen) atoms. The fraction of sp³-hybridized carbons (Fsp3) is 0.467. The Kier molecular flexibility index (Phi) is 4.09. The number of methoxy groups -OCH3 is 1. The molecule has 1 atom stereocenters. The van der Waals surface area contributed by atoms with E-state index in [1.165, 1.54) is 7.11 Å². The van der Waals surface area contributed by atoms with Gasteiger partial charge in [0.25, 0.3) is 0 Å². The van der Waals surface area contributed by atoms with Gasteiger partial charge >= 0.3 is 5.97 Å². The van der Waals surface area contributed by atoms with E-state index in [0.717, 1.165) is 18.5 Å². The number of benzene rings is 1. The van der Waals surface area contributed by atoms with Crippen LogP contribution in [0.2, 0.25) is 0 Å². The summed E-state index contributed by atoms with van der Waals surface area (Å²) >= 11 is 0. The molecule has 1 unspecified atom stereocenters. The number of carbonyl (C=O) groups excluding carboxylic acids is 2. The van der Waals surface area contributed by atoms with Gasteiger partial charge in [-0.05, 0) is 31.5 Å². The van der Waals surface area contributed by atoms with Crippen LogP contribution in [-0.4, -0.2) is 37.0 Å². The Labute approximate surface area is 118 Å². The maximum Gasteiger partial charge on any atom is 0.338 e. The number of esters is 1. The van der Waals surface area contributed by atoms with Crippen molar-refractivity contribution in [2.24, 2.45) is 11.1 Å². The Hall–Kier alpha value is -1.88. The van der Waals surface area contributed by atoms with Crippen LogP contribution in [0.5, 0.6) is 0 Å². The lowest BCUT2D eigenvalue weighted by Crippen LogP contribution is -2.37. The molecular formula is C15H20N2O3. The van der Waals surface area contributed by atoms with Crippen molar-refractivity contribution in [2.75, 3.05) is 20.2 Å². The number of amides is 1. The number of hydrogen-bond donors (Lipinski definition) is 1. The maximum atomic E-state index is 11.7. The Morgan fingerprint density at radius 3 is 2.70 bits per heavy atom. The van der Waals surface area contributed by atoms with Crippen LogP contribution in [0.3, 0.4) is 0 Å². The van der Waals surface area contributed by atoms with Crippen molar-refractivity contribution >= 4 is 11.9 Å². The summed E-state index contributed by atoms with van der Waals surface area (Å²) in [7, 11) is 1.37. The van der Waals surface area contributed by atoms with Gasteiger partial charge in [-0.25, -0.2) is 4.79 Å². The van der Waals surface area contributed by atoms with Crippen molar-refractivity contribution in [3.8, 4) is 0 Å². The largest absolute Gasteiger partial charge is 0.465 e. The van der Waals surface area contributed by atoms with E-state index in [-0.39, 0.29) is 11.9 Å². The van der Waals surface area contributed by atoms with Gasteiger partial charge < -0.3 is 10.5 Å². The summed E-state index contributed by atoms with van der Waals surface area (Å²) in [4.78, 5) is 25.3. The van der Waals surface area contributed by atoms with Gasteiger partial charge in [-0.2, -0.15) is 0 Å². The Morgan fingerprint density at radius 1 is 1.40 bits per heavy atom. The molecule has 0 saturated carbocycles. The first kappa shape index (κ1) is 14.5. The standard InChI is InChI=1S/C15H20N2O3/c1-15(14(16)19)7-8-17(10-15)9-11-5-3-4-6-12(11)13(18)20-2/h3-6H,7-10H2,1-2H3,(H2,16,19). The average Bonchev–Trinajstić information content (AvgIpc) is 2.81. The number of ether oxygens (including phenoxy) is 1. The fourth-order valence-corrected chi connectivity index (χ4v) is 2.60. The highest BCUT2D eigenvalue weighted by Gasteiger charge is 2.38. The molecule has 2 rings (SSSR count). The lowest BCUT2D eigenvalue weighted by Gasteiger charge is -2.21. The topological polar surface area (TPSA) is 72.6 Å². The first-order chi connectivity index (χ1) is 9.46. The molecule has 5 heteroatoms. The minimum atomic E-state index is -0.472. The molecule has 0 bridgehead atoms. The van der Waals surface area contributed by atoms with Gasteiger partial charge in [0.1, 0.15) is 0 Å². The van der Waals surface area contributed by atoms with Crippen molar-refractivity contribution in [1.29, 1.82) is 0 Å².